The molecule has 10 atom stereocenters. The molecular formula is C65H84N12O14. The van der Waals surface area contributed by atoms with Crippen molar-refractivity contribution in [3.05, 3.63) is 138 Å². The molecule has 4 aromatic rings. The monoisotopic (exact) mass is 1260 g/mol. The van der Waals surface area contributed by atoms with Crippen LogP contribution < -0.4 is 59.3 Å². The number of aromatic hydroxyl groups is 1. The fourth-order valence-corrected chi connectivity index (χ4v) is 10.8. The number of fused-ring (bicyclic) bond motifs is 1. The zero-order valence-electron chi connectivity index (χ0n) is 51.5. The Morgan fingerprint density at radius 2 is 0.868 bits per heavy atom. The standard InChI is InChI=1S/C65H84N12O14/c1-37(2)30-45-57(83)75-51(34-41-20-12-7-13-21-41)65(91)77-29-15-23-52(77)63(89)74-47(32-40-18-10-6-11-19-40)59(85)70-46(31-39-16-8-5-9-17-39)58(84)72-49(35-53(67)79)60(86)73-50(36-54(80)81)61(87)71-48(33-42-24-26-43(78)27-25-42)62(88)76-55(38(3)4)64(90)68-44(22-14-28-66)56(82)69-45/h5-13,16-21,24-27,37-38,44-52,55,78H,14-15,22-23,28-36,66H2,1-4H3,(H2,67,79)(H,68,90)(H,69,82)(H,70,85)(H,71,87)(H,72,84)(H,73,86)(H,74,89)(H,75,83)(H,76,88)(H,80,81)/t44-,45-,46+,47-,48-,49-,50-,51+,52-,55-/m0/s1. The van der Waals surface area contributed by atoms with Gasteiger partial charge >= 0.3 is 5.97 Å². The van der Waals surface area contributed by atoms with E-state index in [1.165, 1.54) is 29.2 Å². The number of phenolic OH excluding ortho intramolecular Hbond substituents is 1. The summed E-state index contributed by atoms with van der Waals surface area (Å²) in [5.41, 5.74) is 13.6. The lowest BCUT2D eigenvalue weighted by molar-refractivity contribution is -0.142. The first-order chi connectivity index (χ1) is 43.4. The zero-order chi connectivity index (χ0) is 66.3. The molecule has 0 aliphatic carbocycles. The number of amides is 11. The molecular weight excluding hydrogens is 1170 g/mol. The van der Waals surface area contributed by atoms with Gasteiger partial charge in [-0.2, -0.15) is 0 Å². The number of nitrogens with zero attached hydrogens (tertiary/aromatic N) is 1. The van der Waals surface area contributed by atoms with E-state index in [9.17, 15) is 63.0 Å². The lowest BCUT2D eigenvalue weighted by atomic mass is 9.99. The Hall–Kier alpha value is -9.72. The lowest BCUT2D eigenvalue weighted by Crippen LogP contribution is -2.62. The summed E-state index contributed by atoms with van der Waals surface area (Å²) >= 11 is 0. The minimum atomic E-state index is -2.02. The largest absolute Gasteiger partial charge is 0.508 e. The third kappa shape index (κ3) is 21.8. The summed E-state index contributed by atoms with van der Waals surface area (Å²) in [6.07, 6.45) is -2.11. The van der Waals surface area contributed by atoms with Crippen molar-refractivity contribution in [2.75, 3.05) is 13.1 Å². The smallest absolute Gasteiger partial charge is 0.305 e. The molecule has 488 valence electrons. The van der Waals surface area contributed by atoms with Crippen molar-refractivity contribution in [3.63, 3.8) is 0 Å². The summed E-state index contributed by atoms with van der Waals surface area (Å²) in [7, 11) is 0. The van der Waals surface area contributed by atoms with Crippen LogP contribution in [-0.2, 0) is 83.2 Å². The van der Waals surface area contributed by atoms with Gasteiger partial charge in [0.15, 0.2) is 0 Å². The van der Waals surface area contributed by atoms with Gasteiger partial charge in [-0.3, -0.25) is 57.5 Å². The summed E-state index contributed by atoms with van der Waals surface area (Å²) in [6, 6.07) is 16.0. The molecule has 11 amide bonds. The number of rotatable bonds is 18. The normalized spacial score (nSPS) is 24.1. The SMILES string of the molecule is CC(C)C[C@@H]1NC(=O)[C@H](CCCN)NC(=O)[C@H](C(C)C)NC(=O)[C@H](Cc2ccc(O)cc2)NC(=O)[C@H](CC(=O)O)NC(=O)[C@H](CC(N)=O)NC(=O)[C@@H](Cc2ccccc2)NC(=O)[C@H](Cc2ccccc2)NC(=O)[C@@H]2CCCN2C(=O)[C@@H](Cc2ccccc2)NC1=O. The minimum Gasteiger partial charge on any atom is -0.508 e. The first kappa shape index (κ1) is 70.4. The first-order valence-electron chi connectivity index (χ1n) is 30.5. The fourth-order valence-electron chi connectivity index (χ4n) is 10.8. The second-order valence-corrected chi connectivity index (χ2v) is 23.7. The molecule has 0 bridgehead atoms. The Morgan fingerprint density at radius 1 is 0.484 bits per heavy atom. The van der Waals surface area contributed by atoms with Crippen molar-refractivity contribution < 1.29 is 67.7 Å². The molecule has 15 N–H and O–H groups in total. The van der Waals surface area contributed by atoms with Gasteiger partial charge < -0.3 is 74.4 Å². The Bertz CT molecular complexity index is 3190. The van der Waals surface area contributed by atoms with Gasteiger partial charge in [-0.25, -0.2) is 0 Å². The number of carboxylic acid groups (broad SMARTS) is 1. The average molecular weight is 1260 g/mol. The van der Waals surface area contributed by atoms with E-state index in [1.54, 1.807) is 105 Å². The van der Waals surface area contributed by atoms with Gasteiger partial charge in [0, 0.05) is 32.2 Å². The quantitative estimate of drug-likeness (QED) is 0.0615. The van der Waals surface area contributed by atoms with Crippen molar-refractivity contribution in [1.82, 2.24) is 52.8 Å². The molecule has 6 rings (SSSR count). The van der Waals surface area contributed by atoms with Crippen LogP contribution in [0.4, 0.5) is 0 Å². The fraction of sp³-hybridized carbons (Fsp3) is 0.446. The molecule has 0 aromatic heterocycles. The van der Waals surface area contributed by atoms with E-state index in [0.717, 1.165) is 0 Å². The van der Waals surface area contributed by atoms with Gasteiger partial charge in [0.05, 0.1) is 12.8 Å². The van der Waals surface area contributed by atoms with Crippen LogP contribution in [0.2, 0.25) is 0 Å². The highest BCUT2D eigenvalue weighted by atomic mass is 16.4. The van der Waals surface area contributed by atoms with Crippen LogP contribution in [0.15, 0.2) is 115 Å². The van der Waals surface area contributed by atoms with Gasteiger partial charge in [0.25, 0.3) is 0 Å². The molecule has 2 aliphatic heterocycles. The second kappa shape index (κ2) is 34.3. The summed E-state index contributed by atoms with van der Waals surface area (Å²) in [5, 5.41) is 43.8. The predicted molar refractivity (Wildman–Crippen MR) is 333 cm³/mol. The molecule has 2 heterocycles. The van der Waals surface area contributed by atoms with Crippen LogP contribution in [0.25, 0.3) is 0 Å². The number of primary amides is 1. The Kier molecular flexibility index (Phi) is 26.5. The van der Waals surface area contributed by atoms with Gasteiger partial charge in [-0.05, 0) is 84.9 Å². The van der Waals surface area contributed by atoms with Crippen LogP contribution in [0.1, 0.15) is 94.9 Å². The Balaban J connectivity index is 1.46. The number of benzene rings is 4. The van der Waals surface area contributed by atoms with Gasteiger partial charge in [0.1, 0.15) is 66.2 Å². The molecule has 0 unspecified atom stereocenters. The third-order valence-corrected chi connectivity index (χ3v) is 15.5. The molecule has 91 heavy (non-hydrogen) atoms. The van der Waals surface area contributed by atoms with Crippen LogP contribution in [-0.4, -0.2) is 160 Å². The number of carboxylic acids is 1. The summed E-state index contributed by atoms with van der Waals surface area (Å²) in [4.78, 5) is 173. The molecule has 4 aromatic carbocycles. The van der Waals surface area contributed by atoms with E-state index >= 15 is 4.79 Å². The molecule has 2 fully saturated rings. The molecule has 2 saturated heterocycles. The van der Waals surface area contributed by atoms with Crippen molar-refractivity contribution in [3.8, 4) is 5.75 Å². The van der Waals surface area contributed by atoms with Gasteiger partial charge in [0.2, 0.25) is 65.0 Å². The van der Waals surface area contributed by atoms with Gasteiger partial charge in [-0.1, -0.05) is 131 Å². The minimum absolute atomic E-state index is 0.0429. The van der Waals surface area contributed by atoms with Crippen LogP contribution >= 0.6 is 0 Å². The molecule has 0 radical (unpaired) electrons. The molecule has 26 heteroatoms. The van der Waals surface area contributed by atoms with Crippen LogP contribution in [0, 0.1) is 11.8 Å². The van der Waals surface area contributed by atoms with E-state index in [-0.39, 0.29) is 76.1 Å². The number of aliphatic carboxylic acids is 1. The average Bonchev–Trinajstić information content (AvgIpc) is 2.22. The van der Waals surface area contributed by atoms with E-state index in [0.29, 0.717) is 28.7 Å². The summed E-state index contributed by atoms with van der Waals surface area (Å²) < 4.78 is 0. The zero-order valence-corrected chi connectivity index (χ0v) is 51.5. The van der Waals surface area contributed by atoms with E-state index < -0.39 is 150 Å². The number of nitrogens with two attached hydrogens (primary N) is 2. The van der Waals surface area contributed by atoms with Crippen molar-refractivity contribution in [2.24, 2.45) is 23.3 Å². The predicted octanol–water partition coefficient (Wildman–Crippen LogP) is -0.178. The Morgan fingerprint density at radius 3 is 1.33 bits per heavy atom. The highest BCUT2D eigenvalue weighted by Crippen LogP contribution is 2.22. The van der Waals surface area contributed by atoms with E-state index in [4.69, 9.17) is 11.5 Å². The van der Waals surface area contributed by atoms with Crippen molar-refractivity contribution in [2.45, 2.75) is 159 Å². The first-order valence-corrected chi connectivity index (χ1v) is 30.5. The Labute approximate surface area is 527 Å². The van der Waals surface area contributed by atoms with Crippen molar-refractivity contribution >= 4 is 70.9 Å². The van der Waals surface area contributed by atoms with Crippen molar-refractivity contribution in [1.29, 1.82) is 0 Å². The maximum Gasteiger partial charge on any atom is 0.305 e. The molecule has 0 spiro atoms. The number of carbonyl (C=O) groups is 12. The molecule has 2 aliphatic rings. The number of phenols is 1. The lowest BCUT2D eigenvalue weighted by Gasteiger charge is -2.32. The summed E-state index contributed by atoms with van der Waals surface area (Å²) in [6.45, 7) is 6.96. The van der Waals surface area contributed by atoms with Crippen LogP contribution in [0.3, 0.4) is 0 Å². The number of carbonyl (C=O) groups excluding carboxylic acids is 11. The molecule has 26 nitrogen and oxygen atoms in total. The van der Waals surface area contributed by atoms with Gasteiger partial charge in [-0.15, -0.1) is 0 Å². The second-order valence-electron chi connectivity index (χ2n) is 23.7. The molecule has 0 saturated carbocycles. The highest BCUT2D eigenvalue weighted by molar-refractivity contribution is 6.01. The van der Waals surface area contributed by atoms with Crippen LogP contribution in [0.5, 0.6) is 5.75 Å². The van der Waals surface area contributed by atoms with E-state index in [1.807, 2.05) is 13.8 Å². The number of nitrogens with one attached hydrogen (secondary N) is 9. The third-order valence-electron chi connectivity index (χ3n) is 15.5. The maximum atomic E-state index is 15.1. The number of hydrogen-bond acceptors (Lipinski definition) is 14. The van der Waals surface area contributed by atoms with E-state index in [2.05, 4.69) is 47.9 Å². The maximum absolute atomic E-state index is 15.1. The summed E-state index contributed by atoms with van der Waals surface area (Å²) in [5.74, 6) is -13.1. The topological polar surface area (TPSA) is 409 Å². The number of hydrogen-bond donors (Lipinski definition) is 13. The highest BCUT2D eigenvalue weighted by Gasteiger charge is 2.42.